The topological polar surface area (TPSA) is 19.4 Å². The standard InChI is InChI=1S/C16H17BrFN3/c1-12-10-16(19-11-15(12)17)21-8-6-20(7-9-21)14-4-2-13(18)3-5-14/h2-5,10-11H,6-9H2,1H3. The van der Waals surface area contributed by atoms with Gasteiger partial charge >= 0.3 is 0 Å². The zero-order valence-electron chi connectivity index (χ0n) is 11.9. The largest absolute Gasteiger partial charge is 0.368 e. The van der Waals surface area contributed by atoms with Crippen LogP contribution in [0.1, 0.15) is 5.56 Å². The van der Waals surface area contributed by atoms with Gasteiger partial charge in [0, 0.05) is 42.5 Å². The summed E-state index contributed by atoms with van der Waals surface area (Å²) in [6.07, 6.45) is 1.86. The molecule has 0 aliphatic carbocycles. The van der Waals surface area contributed by atoms with E-state index in [2.05, 4.69) is 43.7 Å². The highest BCUT2D eigenvalue weighted by molar-refractivity contribution is 9.10. The number of halogens is 2. The van der Waals surface area contributed by atoms with E-state index in [0.29, 0.717) is 0 Å². The van der Waals surface area contributed by atoms with Crippen LogP contribution in [0.3, 0.4) is 0 Å². The van der Waals surface area contributed by atoms with Crippen LogP contribution in [0.25, 0.3) is 0 Å². The molecule has 2 heterocycles. The lowest BCUT2D eigenvalue weighted by atomic mass is 10.2. The number of anilines is 2. The molecular formula is C16H17BrFN3. The van der Waals surface area contributed by atoms with Gasteiger partial charge in [0.05, 0.1) is 0 Å². The van der Waals surface area contributed by atoms with E-state index in [-0.39, 0.29) is 5.82 Å². The van der Waals surface area contributed by atoms with Crippen LogP contribution in [0.5, 0.6) is 0 Å². The van der Waals surface area contributed by atoms with E-state index in [9.17, 15) is 4.39 Å². The summed E-state index contributed by atoms with van der Waals surface area (Å²) in [5.74, 6) is 0.835. The Hall–Kier alpha value is -1.62. The van der Waals surface area contributed by atoms with Gasteiger partial charge in [-0.25, -0.2) is 9.37 Å². The summed E-state index contributed by atoms with van der Waals surface area (Å²) in [4.78, 5) is 9.05. The summed E-state index contributed by atoms with van der Waals surface area (Å²) in [6.45, 7) is 5.76. The minimum atomic E-state index is -0.188. The molecule has 1 fully saturated rings. The SMILES string of the molecule is Cc1cc(N2CCN(c3ccc(F)cc3)CC2)ncc1Br. The number of hydrogen-bond acceptors (Lipinski definition) is 3. The number of nitrogens with zero attached hydrogens (tertiary/aromatic N) is 3. The first kappa shape index (κ1) is 14.3. The van der Waals surface area contributed by atoms with E-state index < -0.39 is 0 Å². The Morgan fingerprint density at radius 2 is 1.67 bits per heavy atom. The zero-order chi connectivity index (χ0) is 14.8. The van der Waals surface area contributed by atoms with Gasteiger partial charge in [-0.05, 0) is 58.7 Å². The first-order valence-electron chi connectivity index (χ1n) is 7.01. The van der Waals surface area contributed by atoms with Crippen molar-refractivity contribution in [3.8, 4) is 0 Å². The molecule has 0 radical (unpaired) electrons. The predicted octanol–water partition coefficient (Wildman–Crippen LogP) is 3.62. The van der Waals surface area contributed by atoms with Gasteiger partial charge < -0.3 is 9.80 Å². The molecule has 1 aliphatic rings. The third-order valence-corrected chi connectivity index (χ3v) is 4.66. The van der Waals surface area contributed by atoms with Gasteiger partial charge in [0.1, 0.15) is 11.6 Å². The predicted molar refractivity (Wildman–Crippen MR) is 87.5 cm³/mol. The van der Waals surface area contributed by atoms with Gasteiger partial charge in [0.2, 0.25) is 0 Å². The van der Waals surface area contributed by atoms with Crippen molar-refractivity contribution in [2.24, 2.45) is 0 Å². The minimum absolute atomic E-state index is 0.188. The molecule has 21 heavy (non-hydrogen) atoms. The molecule has 0 spiro atoms. The van der Waals surface area contributed by atoms with Crippen molar-refractivity contribution >= 4 is 27.4 Å². The molecule has 0 bridgehead atoms. The third kappa shape index (κ3) is 3.18. The summed E-state index contributed by atoms with van der Waals surface area (Å²) in [6, 6.07) is 8.82. The minimum Gasteiger partial charge on any atom is -0.368 e. The maximum atomic E-state index is 13.0. The molecule has 1 aromatic carbocycles. The van der Waals surface area contributed by atoms with Crippen molar-refractivity contribution in [3.05, 3.63) is 52.4 Å². The first-order valence-corrected chi connectivity index (χ1v) is 7.80. The Labute approximate surface area is 132 Å². The van der Waals surface area contributed by atoms with Crippen molar-refractivity contribution in [3.63, 3.8) is 0 Å². The van der Waals surface area contributed by atoms with E-state index in [1.54, 1.807) is 0 Å². The normalized spacial score (nSPS) is 15.4. The summed E-state index contributed by atoms with van der Waals surface area (Å²) >= 11 is 3.48. The summed E-state index contributed by atoms with van der Waals surface area (Å²) in [5, 5.41) is 0. The van der Waals surface area contributed by atoms with Gasteiger partial charge in [-0.15, -0.1) is 0 Å². The summed E-state index contributed by atoms with van der Waals surface area (Å²) in [5.41, 5.74) is 2.27. The van der Waals surface area contributed by atoms with Crippen LogP contribution >= 0.6 is 15.9 Å². The number of pyridine rings is 1. The molecule has 5 heteroatoms. The molecule has 2 aromatic rings. The fourth-order valence-electron chi connectivity index (χ4n) is 2.54. The molecule has 0 amide bonds. The number of piperazine rings is 1. The summed E-state index contributed by atoms with van der Waals surface area (Å²) in [7, 11) is 0. The van der Waals surface area contributed by atoms with Gasteiger partial charge in [0.15, 0.2) is 0 Å². The molecule has 0 unspecified atom stereocenters. The fourth-order valence-corrected chi connectivity index (χ4v) is 2.76. The monoisotopic (exact) mass is 349 g/mol. The second-order valence-electron chi connectivity index (χ2n) is 5.24. The molecule has 110 valence electrons. The lowest BCUT2D eigenvalue weighted by Gasteiger charge is -2.36. The highest BCUT2D eigenvalue weighted by Gasteiger charge is 2.18. The Kier molecular flexibility index (Phi) is 4.10. The van der Waals surface area contributed by atoms with Gasteiger partial charge in [-0.3, -0.25) is 0 Å². The maximum Gasteiger partial charge on any atom is 0.128 e. The van der Waals surface area contributed by atoms with Crippen LogP contribution in [-0.2, 0) is 0 Å². The number of rotatable bonds is 2. The van der Waals surface area contributed by atoms with Gasteiger partial charge in [-0.1, -0.05) is 0 Å². The van der Waals surface area contributed by atoms with E-state index in [1.807, 2.05) is 18.3 Å². The Morgan fingerprint density at radius 3 is 2.29 bits per heavy atom. The van der Waals surface area contributed by atoms with Crippen molar-refractivity contribution < 1.29 is 4.39 Å². The van der Waals surface area contributed by atoms with Crippen molar-refractivity contribution in [2.75, 3.05) is 36.0 Å². The zero-order valence-corrected chi connectivity index (χ0v) is 13.5. The Balaban J connectivity index is 1.67. The van der Waals surface area contributed by atoms with E-state index in [4.69, 9.17) is 0 Å². The summed E-state index contributed by atoms with van der Waals surface area (Å²) < 4.78 is 14.0. The van der Waals surface area contributed by atoms with E-state index in [1.165, 1.54) is 17.7 Å². The fraction of sp³-hybridized carbons (Fsp3) is 0.312. The van der Waals surface area contributed by atoms with Gasteiger partial charge in [0.25, 0.3) is 0 Å². The highest BCUT2D eigenvalue weighted by Crippen LogP contribution is 2.22. The quantitative estimate of drug-likeness (QED) is 0.825. The first-order chi connectivity index (χ1) is 10.1. The second-order valence-corrected chi connectivity index (χ2v) is 6.10. The lowest BCUT2D eigenvalue weighted by Crippen LogP contribution is -2.46. The van der Waals surface area contributed by atoms with Crippen LogP contribution in [0.4, 0.5) is 15.9 Å². The third-order valence-electron chi connectivity index (χ3n) is 3.83. The smallest absolute Gasteiger partial charge is 0.128 e. The van der Waals surface area contributed by atoms with Crippen molar-refractivity contribution in [2.45, 2.75) is 6.92 Å². The van der Waals surface area contributed by atoms with E-state index in [0.717, 1.165) is 42.2 Å². The maximum absolute atomic E-state index is 13.0. The van der Waals surface area contributed by atoms with Crippen LogP contribution in [0, 0.1) is 12.7 Å². The van der Waals surface area contributed by atoms with Gasteiger partial charge in [-0.2, -0.15) is 0 Å². The average Bonchev–Trinajstić information content (AvgIpc) is 2.51. The van der Waals surface area contributed by atoms with Crippen molar-refractivity contribution in [1.82, 2.24) is 4.98 Å². The van der Waals surface area contributed by atoms with Crippen LogP contribution in [0.15, 0.2) is 41.0 Å². The number of hydrogen-bond donors (Lipinski definition) is 0. The molecule has 0 N–H and O–H groups in total. The van der Waals surface area contributed by atoms with Crippen LogP contribution in [0.2, 0.25) is 0 Å². The lowest BCUT2D eigenvalue weighted by molar-refractivity contribution is 0.624. The molecule has 1 aliphatic heterocycles. The number of aromatic nitrogens is 1. The highest BCUT2D eigenvalue weighted by atomic mass is 79.9. The molecule has 3 nitrogen and oxygen atoms in total. The molecule has 0 atom stereocenters. The number of aryl methyl sites for hydroxylation is 1. The Bertz CT molecular complexity index is 622. The molecule has 0 saturated carbocycles. The Morgan fingerprint density at radius 1 is 1.05 bits per heavy atom. The number of benzene rings is 1. The van der Waals surface area contributed by atoms with Crippen LogP contribution in [-0.4, -0.2) is 31.2 Å². The van der Waals surface area contributed by atoms with Crippen LogP contribution < -0.4 is 9.80 Å². The molecule has 1 aromatic heterocycles. The average molecular weight is 350 g/mol. The molecular weight excluding hydrogens is 333 g/mol. The molecule has 1 saturated heterocycles. The van der Waals surface area contributed by atoms with E-state index >= 15 is 0 Å². The second kappa shape index (κ2) is 6.02. The molecule has 3 rings (SSSR count). The van der Waals surface area contributed by atoms with Crippen molar-refractivity contribution in [1.29, 1.82) is 0 Å².